The van der Waals surface area contributed by atoms with Crippen molar-refractivity contribution in [1.82, 2.24) is 10.2 Å². The lowest BCUT2D eigenvalue weighted by molar-refractivity contribution is -0.115. The summed E-state index contributed by atoms with van der Waals surface area (Å²) in [6.07, 6.45) is -0.149. The van der Waals surface area contributed by atoms with Gasteiger partial charge in [-0.3, -0.25) is 4.79 Å². The van der Waals surface area contributed by atoms with E-state index in [1.165, 1.54) is 12.1 Å². The highest BCUT2D eigenvalue weighted by Crippen LogP contribution is 2.23. The van der Waals surface area contributed by atoms with Gasteiger partial charge < -0.3 is 15.0 Å². The number of ether oxygens (including phenoxy) is 1. The van der Waals surface area contributed by atoms with Crippen molar-refractivity contribution < 1.29 is 13.9 Å². The second-order valence-electron chi connectivity index (χ2n) is 6.88. The van der Waals surface area contributed by atoms with Gasteiger partial charge in [-0.1, -0.05) is 29.8 Å². The topological polar surface area (TPSA) is 67.4 Å². The van der Waals surface area contributed by atoms with E-state index < -0.39 is 5.82 Å². The first-order valence-electron chi connectivity index (χ1n) is 9.60. The first kappa shape index (κ1) is 20.3. The Morgan fingerprint density at radius 3 is 2.63 bits per heavy atom. The van der Waals surface area contributed by atoms with Gasteiger partial charge in [-0.2, -0.15) is 0 Å². The molecule has 30 heavy (non-hydrogen) atoms. The van der Waals surface area contributed by atoms with Crippen molar-refractivity contribution in [1.29, 1.82) is 0 Å². The molecule has 8 heteroatoms. The molecule has 1 aliphatic rings. The number of halogens is 2. The summed E-state index contributed by atoms with van der Waals surface area (Å²) >= 11 is 6.01. The number of rotatable bonds is 5. The van der Waals surface area contributed by atoms with E-state index in [-0.39, 0.29) is 22.9 Å². The Bertz CT molecular complexity index is 1020. The summed E-state index contributed by atoms with van der Waals surface area (Å²) in [7, 11) is 0. The molecule has 6 nitrogen and oxygen atoms in total. The second kappa shape index (κ2) is 9.19. The fourth-order valence-electron chi connectivity index (χ4n) is 3.26. The zero-order valence-electron chi connectivity index (χ0n) is 16.1. The van der Waals surface area contributed by atoms with Gasteiger partial charge in [-0.15, -0.1) is 10.2 Å². The van der Waals surface area contributed by atoms with Crippen molar-refractivity contribution in [2.24, 2.45) is 0 Å². The molecule has 4 rings (SSSR count). The van der Waals surface area contributed by atoms with Gasteiger partial charge in [-0.05, 0) is 36.4 Å². The molecule has 0 spiro atoms. The summed E-state index contributed by atoms with van der Waals surface area (Å²) in [6.45, 7) is 2.95. The zero-order chi connectivity index (χ0) is 20.9. The van der Waals surface area contributed by atoms with E-state index in [2.05, 4.69) is 20.4 Å². The van der Waals surface area contributed by atoms with Crippen molar-refractivity contribution in [2.75, 3.05) is 36.5 Å². The maximum absolute atomic E-state index is 13.9. The number of nitrogens with one attached hydrogen (secondary N) is 1. The minimum atomic E-state index is -0.498. The smallest absolute Gasteiger partial charge is 0.228 e. The zero-order valence-corrected chi connectivity index (χ0v) is 16.9. The molecule has 154 valence electrons. The van der Waals surface area contributed by atoms with Gasteiger partial charge in [0, 0.05) is 34.9 Å². The molecule has 3 aromatic rings. The third-order valence-electron chi connectivity index (χ3n) is 4.83. The molecule has 0 atom stereocenters. The maximum Gasteiger partial charge on any atom is 0.228 e. The Morgan fingerprint density at radius 2 is 1.90 bits per heavy atom. The largest absolute Gasteiger partial charge is 0.378 e. The molecule has 0 saturated carbocycles. The van der Waals surface area contributed by atoms with Gasteiger partial charge in [0.15, 0.2) is 5.82 Å². The van der Waals surface area contributed by atoms with Crippen molar-refractivity contribution in [3.8, 4) is 11.3 Å². The Kier molecular flexibility index (Phi) is 6.21. The number of aromatic nitrogens is 2. The van der Waals surface area contributed by atoms with Crippen molar-refractivity contribution in [3.05, 3.63) is 71.0 Å². The van der Waals surface area contributed by atoms with Crippen molar-refractivity contribution in [3.63, 3.8) is 0 Å². The van der Waals surface area contributed by atoms with Crippen LogP contribution in [-0.2, 0) is 16.0 Å². The van der Waals surface area contributed by atoms with Crippen LogP contribution in [0.3, 0.4) is 0 Å². The summed E-state index contributed by atoms with van der Waals surface area (Å²) in [5.74, 6) is -0.0387. The molecule has 0 bridgehead atoms. The number of morpholine rings is 1. The molecule has 2 heterocycles. The van der Waals surface area contributed by atoms with E-state index in [9.17, 15) is 9.18 Å². The van der Waals surface area contributed by atoms with Crippen molar-refractivity contribution in [2.45, 2.75) is 6.42 Å². The summed E-state index contributed by atoms with van der Waals surface area (Å²) in [4.78, 5) is 14.5. The Balaban J connectivity index is 1.45. The normalized spacial score (nSPS) is 13.9. The van der Waals surface area contributed by atoms with Crippen LogP contribution in [0, 0.1) is 5.82 Å². The molecule has 1 fully saturated rings. The van der Waals surface area contributed by atoms with Crippen LogP contribution in [0.2, 0.25) is 5.02 Å². The van der Waals surface area contributed by atoms with Gasteiger partial charge in [0.05, 0.1) is 25.3 Å². The Morgan fingerprint density at radius 1 is 1.10 bits per heavy atom. The first-order chi connectivity index (χ1) is 14.6. The SMILES string of the molecule is O=C(Cc1c(F)cccc1Cl)Nc1cccc(-c2ccc(N3CCOCC3)nn2)c1. The van der Waals surface area contributed by atoms with Crippen LogP contribution >= 0.6 is 11.6 Å². The Hall–Kier alpha value is -3.03. The summed E-state index contributed by atoms with van der Waals surface area (Å²) < 4.78 is 19.3. The van der Waals surface area contributed by atoms with Gasteiger partial charge in [0.25, 0.3) is 0 Å². The predicted octanol–water partition coefficient (Wildman–Crippen LogP) is 3.95. The van der Waals surface area contributed by atoms with Crippen LogP contribution in [0.4, 0.5) is 15.9 Å². The highest BCUT2D eigenvalue weighted by atomic mass is 35.5. The van der Waals surface area contributed by atoms with Crippen molar-refractivity contribution >= 4 is 29.0 Å². The average molecular weight is 427 g/mol. The van der Waals surface area contributed by atoms with E-state index in [0.29, 0.717) is 24.6 Å². The molecule has 0 radical (unpaired) electrons. The molecular formula is C22H20ClFN4O2. The monoisotopic (exact) mass is 426 g/mol. The number of amides is 1. The van der Waals surface area contributed by atoms with Crippen LogP contribution in [0.15, 0.2) is 54.6 Å². The lowest BCUT2D eigenvalue weighted by Gasteiger charge is -2.27. The fourth-order valence-corrected chi connectivity index (χ4v) is 3.49. The highest BCUT2D eigenvalue weighted by molar-refractivity contribution is 6.31. The quantitative estimate of drug-likeness (QED) is 0.669. The molecule has 0 aliphatic carbocycles. The van der Waals surface area contributed by atoms with E-state index in [4.69, 9.17) is 16.3 Å². The molecule has 2 aromatic carbocycles. The van der Waals surface area contributed by atoms with Gasteiger partial charge >= 0.3 is 0 Å². The molecule has 1 aromatic heterocycles. The molecule has 0 unspecified atom stereocenters. The predicted molar refractivity (Wildman–Crippen MR) is 114 cm³/mol. The number of carbonyl (C=O) groups is 1. The van der Waals surface area contributed by atoms with E-state index in [1.54, 1.807) is 18.2 Å². The summed E-state index contributed by atoms with van der Waals surface area (Å²) in [5, 5.41) is 11.7. The molecule has 1 saturated heterocycles. The van der Waals surface area contributed by atoms with Crippen LogP contribution < -0.4 is 10.2 Å². The average Bonchev–Trinajstić information content (AvgIpc) is 2.77. The lowest BCUT2D eigenvalue weighted by atomic mass is 10.1. The number of carbonyl (C=O) groups excluding carboxylic acids is 1. The lowest BCUT2D eigenvalue weighted by Crippen LogP contribution is -2.36. The minimum absolute atomic E-state index is 0.149. The number of hydrogen-bond donors (Lipinski definition) is 1. The molecule has 1 aliphatic heterocycles. The van der Waals surface area contributed by atoms with Crippen LogP contribution in [0.25, 0.3) is 11.3 Å². The standard InChI is InChI=1S/C22H20ClFN4O2/c23-18-5-2-6-19(24)17(18)14-22(29)25-16-4-1-3-15(13-16)20-7-8-21(27-26-20)28-9-11-30-12-10-28/h1-8,13H,9-12,14H2,(H,25,29). The van der Waals surface area contributed by atoms with E-state index in [1.807, 2.05) is 24.3 Å². The van der Waals surface area contributed by atoms with Gasteiger partial charge in [0.2, 0.25) is 5.91 Å². The molecular weight excluding hydrogens is 407 g/mol. The van der Waals surface area contributed by atoms with Gasteiger partial charge in [-0.25, -0.2) is 4.39 Å². The fraction of sp³-hybridized carbons (Fsp3) is 0.227. The van der Waals surface area contributed by atoms with Crippen LogP contribution in [-0.4, -0.2) is 42.4 Å². The minimum Gasteiger partial charge on any atom is -0.378 e. The molecule has 1 N–H and O–H groups in total. The number of hydrogen-bond acceptors (Lipinski definition) is 5. The second-order valence-corrected chi connectivity index (χ2v) is 7.29. The maximum atomic E-state index is 13.9. The number of nitrogens with zero attached hydrogens (tertiary/aromatic N) is 3. The molecule has 1 amide bonds. The van der Waals surface area contributed by atoms with Crippen LogP contribution in [0.5, 0.6) is 0 Å². The van der Waals surface area contributed by atoms with E-state index in [0.717, 1.165) is 24.5 Å². The van der Waals surface area contributed by atoms with E-state index >= 15 is 0 Å². The van der Waals surface area contributed by atoms with Crippen LogP contribution in [0.1, 0.15) is 5.56 Å². The number of benzene rings is 2. The number of anilines is 2. The summed E-state index contributed by atoms with van der Waals surface area (Å²) in [6, 6.07) is 15.5. The highest BCUT2D eigenvalue weighted by Gasteiger charge is 2.14. The Labute approximate surface area is 178 Å². The third-order valence-corrected chi connectivity index (χ3v) is 5.18. The summed E-state index contributed by atoms with van der Waals surface area (Å²) in [5.41, 5.74) is 2.28. The third kappa shape index (κ3) is 4.75. The van der Waals surface area contributed by atoms with Gasteiger partial charge in [0.1, 0.15) is 5.82 Å². The first-order valence-corrected chi connectivity index (χ1v) is 9.97.